The molecule has 0 unspecified atom stereocenters. The molecule has 7 heteroatoms. The van der Waals surface area contributed by atoms with Gasteiger partial charge in [0.2, 0.25) is 0 Å². The lowest BCUT2D eigenvalue weighted by Gasteiger charge is -2.12. The predicted octanol–water partition coefficient (Wildman–Crippen LogP) is 3.93. The number of carbonyl (C=O) groups is 2. The van der Waals surface area contributed by atoms with Gasteiger partial charge in [-0.15, -0.1) is 0 Å². The summed E-state index contributed by atoms with van der Waals surface area (Å²) in [7, 11) is 3.89. The van der Waals surface area contributed by atoms with Gasteiger partial charge in [0.05, 0.1) is 6.26 Å². The zero-order valence-corrected chi connectivity index (χ0v) is 17.9. The number of nitrogens with one attached hydrogen (secondary N) is 2. The number of furan rings is 1. The van der Waals surface area contributed by atoms with E-state index >= 15 is 0 Å². The molecular formula is C25H24N4O3. The van der Waals surface area contributed by atoms with Crippen molar-refractivity contribution < 1.29 is 14.0 Å². The smallest absolute Gasteiger partial charge is 0.287 e. The van der Waals surface area contributed by atoms with E-state index in [0.717, 1.165) is 11.3 Å². The summed E-state index contributed by atoms with van der Waals surface area (Å²) in [5, 5.41) is 6.57. The summed E-state index contributed by atoms with van der Waals surface area (Å²) in [5.74, 6) is -0.271. The molecule has 2 amide bonds. The Kier molecular flexibility index (Phi) is 7.75. The monoisotopic (exact) mass is 428 g/mol. The molecule has 1 heterocycles. The molecule has 1 aromatic heterocycles. The highest BCUT2D eigenvalue weighted by molar-refractivity contribution is 6.05. The fraction of sp³-hybridized carbons (Fsp3) is 0.0800. The molecule has 0 aliphatic rings. The Labute approximate surface area is 186 Å². The molecule has 0 spiro atoms. The SMILES string of the molecule is CN(C)c1ccc(/C=C(\NC(=O)c2ccccc2)C(=O)N/N=C\C=C\c2ccco2)cc1. The van der Waals surface area contributed by atoms with Crippen LogP contribution in [0.5, 0.6) is 0 Å². The minimum Gasteiger partial charge on any atom is -0.465 e. The van der Waals surface area contributed by atoms with Crippen molar-refractivity contribution in [2.75, 3.05) is 19.0 Å². The molecule has 0 saturated carbocycles. The summed E-state index contributed by atoms with van der Waals surface area (Å²) in [6, 6.07) is 19.8. The third-order valence-electron chi connectivity index (χ3n) is 4.38. The molecule has 32 heavy (non-hydrogen) atoms. The molecule has 0 radical (unpaired) electrons. The van der Waals surface area contributed by atoms with Crippen LogP contribution in [0.4, 0.5) is 5.69 Å². The zero-order chi connectivity index (χ0) is 22.8. The number of hydrazone groups is 1. The summed E-state index contributed by atoms with van der Waals surface area (Å²) >= 11 is 0. The fourth-order valence-corrected chi connectivity index (χ4v) is 2.70. The second kappa shape index (κ2) is 11.1. The number of benzene rings is 2. The van der Waals surface area contributed by atoms with Crippen molar-refractivity contribution >= 4 is 35.9 Å². The van der Waals surface area contributed by atoms with Crippen LogP contribution in [-0.4, -0.2) is 32.1 Å². The molecule has 0 bridgehead atoms. The van der Waals surface area contributed by atoms with Crippen molar-refractivity contribution in [2.24, 2.45) is 5.10 Å². The summed E-state index contributed by atoms with van der Waals surface area (Å²) in [6.07, 6.45) is 7.92. The highest BCUT2D eigenvalue weighted by Crippen LogP contribution is 2.14. The van der Waals surface area contributed by atoms with Crippen LogP contribution in [0.1, 0.15) is 21.7 Å². The van der Waals surface area contributed by atoms with Gasteiger partial charge in [0.25, 0.3) is 11.8 Å². The number of anilines is 1. The Morgan fingerprint density at radius 1 is 0.969 bits per heavy atom. The van der Waals surface area contributed by atoms with E-state index in [0.29, 0.717) is 11.3 Å². The first-order valence-corrected chi connectivity index (χ1v) is 9.92. The van der Waals surface area contributed by atoms with Gasteiger partial charge in [0.1, 0.15) is 11.5 Å². The summed E-state index contributed by atoms with van der Waals surface area (Å²) in [4.78, 5) is 27.3. The molecule has 0 saturated heterocycles. The normalized spacial score (nSPS) is 11.6. The molecule has 7 nitrogen and oxygen atoms in total. The Bertz CT molecular complexity index is 1110. The minimum absolute atomic E-state index is 0.0728. The number of amides is 2. The fourth-order valence-electron chi connectivity index (χ4n) is 2.70. The van der Waals surface area contributed by atoms with Crippen LogP contribution in [0, 0.1) is 0 Å². The maximum absolute atomic E-state index is 12.7. The van der Waals surface area contributed by atoms with E-state index in [1.807, 2.05) is 49.3 Å². The largest absolute Gasteiger partial charge is 0.465 e. The van der Waals surface area contributed by atoms with E-state index in [1.165, 1.54) is 6.21 Å². The van der Waals surface area contributed by atoms with Crippen LogP contribution in [0.25, 0.3) is 12.2 Å². The maximum Gasteiger partial charge on any atom is 0.287 e. The van der Waals surface area contributed by atoms with Crippen LogP contribution in [0.15, 0.2) is 94.3 Å². The third kappa shape index (κ3) is 6.56. The molecule has 162 valence electrons. The summed E-state index contributed by atoms with van der Waals surface area (Å²) in [6.45, 7) is 0. The zero-order valence-electron chi connectivity index (χ0n) is 17.9. The van der Waals surface area contributed by atoms with Gasteiger partial charge in [0, 0.05) is 31.6 Å². The molecule has 0 aliphatic carbocycles. The van der Waals surface area contributed by atoms with Crippen LogP contribution in [0.2, 0.25) is 0 Å². The first-order chi connectivity index (χ1) is 15.5. The van der Waals surface area contributed by atoms with Crippen molar-refractivity contribution in [3.05, 3.63) is 102 Å². The van der Waals surface area contributed by atoms with Gasteiger partial charge in [0.15, 0.2) is 0 Å². The van der Waals surface area contributed by atoms with E-state index in [4.69, 9.17) is 4.42 Å². The summed E-state index contributed by atoms with van der Waals surface area (Å²) in [5.41, 5.74) is 4.73. The van der Waals surface area contributed by atoms with Gasteiger partial charge in [-0.1, -0.05) is 30.3 Å². The number of rotatable bonds is 8. The molecule has 3 rings (SSSR count). The van der Waals surface area contributed by atoms with Crippen molar-refractivity contribution in [3.63, 3.8) is 0 Å². The number of allylic oxidation sites excluding steroid dienone is 1. The average molecular weight is 428 g/mol. The highest BCUT2D eigenvalue weighted by atomic mass is 16.3. The Hall–Kier alpha value is -4.39. The number of hydrogen-bond acceptors (Lipinski definition) is 5. The van der Waals surface area contributed by atoms with E-state index in [2.05, 4.69) is 15.8 Å². The molecular weight excluding hydrogens is 404 g/mol. The standard InChI is InChI=1S/C25H24N4O3/c1-29(2)21-14-12-19(13-15-21)18-23(27-24(30)20-8-4-3-5-9-20)25(31)28-26-16-6-10-22-11-7-17-32-22/h3-18H,1-2H3,(H,27,30)(H,28,31)/b10-6+,23-18-,26-16-. The van der Waals surface area contributed by atoms with Gasteiger partial charge < -0.3 is 14.6 Å². The molecule has 0 atom stereocenters. The van der Waals surface area contributed by atoms with E-state index in [9.17, 15) is 9.59 Å². The predicted molar refractivity (Wildman–Crippen MR) is 127 cm³/mol. The van der Waals surface area contributed by atoms with Crippen LogP contribution in [-0.2, 0) is 4.79 Å². The van der Waals surface area contributed by atoms with E-state index in [1.54, 1.807) is 60.9 Å². The lowest BCUT2D eigenvalue weighted by Crippen LogP contribution is -2.32. The minimum atomic E-state index is -0.548. The quantitative estimate of drug-likeness (QED) is 0.323. The lowest BCUT2D eigenvalue weighted by molar-refractivity contribution is -0.117. The van der Waals surface area contributed by atoms with Crippen molar-refractivity contribution in [1.29, 1.82) is 0 Å². The van der Waals surface area contributed by atoms with Crippen molar-refractivity contribution in [1.82, 2.24) is 10.7 Å². The van der Waals surface area contributed by atoms with E-state index < -0.39 is 11.8 Å². The van der Waals surface area contributed by atoms with Gasteiger partial charge in [-0.05, 0) is 60.2 Å². The van der Waals surface area contributed by atoms with Gasteiger partial charge in [-0.25, -0.2) is 5.43 Å². The van der Waals surface area contributed by atoms with Crippen LogP contribution < -0.4 is 15.6 Å². The number of nitrogens with zero attached hydrogens (tertiary/aromatic N) is 2. The third-order valence-corrected chi connectivity index (χ3v) is 4.38. The Morgan fingerprint density at radius 2 is 1.72 bits per heavy atom. The Balaban J connectivity index is 1.75. The molecule has 2 aromatic carbocycles. The van der Waals surface area contributed by atoms with E-state index in [-0.39, 0.29) is 5.70 Å². The second-order valence-electron chi connectivity index (χ2n) is 6.96. The molecule has 3 aromatic rings. The van der Waals surface area contributed by atoms with Gasteiger partial charge >= 0.3 is 0 Å². The van der Waals surface area contributed by atoms with Crippen molar-refractivity contribution in [2.45, 2.75) is 0 Å². The van der Waals surface area contributed by atoms with Gasteiger partial charge in [-0.3, -0.25) is 9.59 Å². The Morgan fingerprint density at radius 3 is 2.38 bits per heavy atom. The molecule has 0 fully saturated rings. The first kappa shape index (κ1) is 22.3. The van der Waals surface area contributed by atoms with Crippen LogP contribution >= 0.6 is 0 Å². The lowest BCUT2D eigenvalue weighted by atomic mass is 10.1. The topological polar surface area (TPSA) is 86.9 Å². The first-order valence-electron chi connectivity index (χ1n) is 9.92. The van der Waals surface area contributed by atoms with Crippen molar-refractivity contribution in [3.8, 4) is 0 Å². The maximum atomic E-state index is 12.7. The molecule has 0 aliphatic heterocycles. The second-order valence-corrected chi connectivity index (χ2v) is 6.96. The average Bonchev–Trinajstić information content (AvgIpc) is 3.32. The highest BCUT2D eigenvalue weighted by Gasteiger charge is 2.14. The number of hydrogen-bond donors (Lipinski definition) is 2. The van der Waals surface area contributed by atoms with Gasteiger partial charge in [-0.2, -0.15) is 5.10 Å². The molecule has 2 N–H and O–H groups in total. The van der Waals surface area contributed by atoms with Crippen LogP contribution in [0.3, 0.4) is 0 Å². The summed E-state index contributed by atoms with van der Waals surface area (Å²) < 4.78 is 5.18. The number of carbonyl (C=O) groups excluding carboxylic acids is 2.